The number of carbonyl (C=O) groups excluding carboxylic acids is 2. The maximum Gasteiger partial charge on any atom is 0.266 e. The van der Waals surface area contributed by atoms with E-state index in [9.17, 15) is 14.0 Å². The first-order chi connectivity index (χ1) is 13.0. The maximum absolute atomic E-state index is 13.8. The van der Waals surface area contributed by atoms with Gasteiger partial charge in [0, 0.05) is 11.3 Å². The van der Waals surface area contributed by atoms with Gasteiger partial charge in [-0.15, -0.1) is 0 Å². The van der Waals surface area contributed by atoms with Gasteiger partial charge in [-0.3, -0.25) is 14.5 Å². The summed E-state index contributed by atoms with van der Waals surface area (Å²) in [6.45, 7) is -0.217. The molecule has 0 bridgehead atoms. The highest BCUT2D eigenvalue weighted by Crippen LogP contribution is 2.32. The Balaban J connectivity index is 1.68. The molecule has 27 heavy (non-hydrogen) atoms. The molecule has 1 aliphatic rings. The van der Waals surface area contributed by atoms with Gasteiger partial charge in [0.05, 0.1) is 12.0 Å². The summed E-state index contributed by atoms with van der Waals surface area (Å²) in [5, 5.41) is 2.70. The number of rotatable bonds is 5. The molecule has 0 unspecified atom stereocenters. The fraction of sp³-hybridized carbons (Fsp3) is 0.105. The van der Waals surface area contributed by atoms with Crippen LogP contribution in [0.4, 0.5) is 10.1 Å². The van der Waals surface area contributed by atoms with Crippen molar-refractivity contribution in [1.29, 1.82) is 0 Å². The first-order valence-corrected chi connectivity index (χ1v) is 9.14. The zero-order chi connectivity index (χ0) is 19.4. The molecule has 1 heterocycles. The second-order valence-corrected chi connectivity index (χ2v) is 7.24. The number of halogens is 1. The molecule has 2 aromatic carbocycles. The Morgan fingerprint density at radius 3 is 2.63 bits per heavy atom. The highest BCUT2D eigenvalue weighted by molar-refractivity contribution is 8.26. The van der Waals surface area contributed by atoms with Crippen LogP contribution in [0.25, 0.3) is 6.08 Å². The molecule has 1 N–H and O–H groups in total. The summed E-state index contributed by atoms with van der Waals surface area (Å²) >= 11 is 6.24. The van der Waals surface area contributed by atoms with Crippen LogP contribution in [-0.2, 0) is 9.59 Å². The molecule has 3 rings (SSSR count). The van der Waals surface area contributed by atoms with Crippen LogP contribution >= 0.6 is 24.0 Å². The lowest BCUT2D eigenvalue weighted by Crippen LogP contribution is -2.36. The Morgan fingerprint density at radius 2 is 1.96 bits per heavy atom. The van der Waals surface area contributed by atoms with Gasteiger partial charge in [-0.05, 0) is 36.4 Å². The third kappa shape index (κ3) is 4.53. The van der Waals surface area contributed by atoms with E-state index < -0.39 is 11.7 Å². The number of thioether (sulfide) groups is 1. The van der Waals surface area contributed by atoms with Gasteiger partial charge in [0.15, 0.2) is 0 Å². The molecule has 0 aromatic heterocycles. The fourth-order valence-corrected chi connectivity index (χ4v) is 3.63. The van der Waals surface area contributed by atoms with Crippen molar-refractivity contribution in [3.63, 3.8) is 0 Å². The van der Waals surface area contributed by atoms with Crippen LogP contribution in [0.2, 0.25) is 0 Å². The van der Waals surface area contributed by atoms with Crippen LogP contribution in [0.15, 0.2) is 53.4 Å². The van der Waals surface area contributed by atoms with E-state index in [1.54, 1.807) is 49.6 Å². The van der Waals surface area contributed by atoms with Gasteiger partial charge < -0.3 is 10.1 Å². The molecule has 138 valence electrons. The van der Waals surface area contributed by atoms with Crippen LogP contribution in [-0.4, -0.2) is 34.7 Å². The lowest BCUT2D eigenvalue weighted by atomic mass is 10.2. The molecule has 1 aliphatic heterocycles. The van der Waals surface area contributed by atoms with Crippen molar-refractivity contribution in [3.8, 4) is 5.75 Å². The normalized spacial score (nSPS) is 15.3. The molecule has 0 saturated carbocycles. The molecule has 2 aromatic rings. The number of amides is 2. The van der Waals surface area contributed by atoms with E-state index in [2.05, 4.69) is 5.32 Å². The van der Waals surface area contributed by atoms with E-state index in [0.717, 1.165) is 11.8 Å². The number of nitrogens with zero attached hydrogens (tertiary/aromatic N) is 1. The molecule has 2 amide bonds. The summed E-state index contributed by atoms with van der Waals surface area (Å²) in [6, 6.07) is 12.9. The van der Waals surface area contributed by atoms with E-state index in [1.165, 1.54) is 17.0 Å². The average Bonchev–Trinajstić information content (AvgIpc) is 2.91. The summed E-state index contributed by atoms with van der Waals surface area (Å²) in [5.41, 5.74) is 0.869. The minimum Gasteiger partial charge on any atom is -0.497 e. The predicted molar refractivity (Wildman–Crippen MR) is 108 cm³/mol. The van der Waals surface area contributed by atoms with E-state index in [4.69, 9.17) is 17.0 Å². The van der Waals surface area contributed by atoms with Gasteiger partial charge in [0.25, 0.3) is 5.91 Å². The Kier molecular flexibility index (Phi) is 5.88. The molecule has 1 saturated heterocycles. The third-order valence-electron chi connectivity index (χ3n) is 3.74. The van der Waals surface area contributed by atoms with Crippen LogP contribution in [0.1, 0.15) is 5.56 Å². The third-order valence-corrected chi connectivity index (χ3v) is 5.12. The maximum atomic E-state index is 13.8. The largest absolute Gasteiger partial charge is 0.497 e. The van der Waals surface area contributed by atoms with Crippen LogP contribution < -0.4 is 10.1 Å². The van der Waals surface area contributed by atoms with Crippen LogP contribution in [0.3, 0.4) is 0 Å². The van der Waals surface area contributed by atoms with Crippen molar-refractivity contribution >= 4 is 51.9 Å². The lowest BCUT2D eigenvalue weighted by Gasteiger charge is -2.14. The van der Waals surface area contributed by atoms with E-state index in [1.807, 2.05) is 0 Å². The van der Waals surface area contributed by atoms with E-state index in [-0.39, 0.29) is 21.7 Å². The van der Waals surface area contributed by atoms with Crippen molar-refractivity contribution < 1.29 is 18.7 Å². The Bertz CT molecular complexity index is 929. The fourth-order valence-electron chi connectivity index (χ4n) is 2.39. The lowest BCUT2D eigenvalue weighted by molar-refractivity contribution is -0.126. The van der Waals surface area contributed by atoms with Gasteiger partial charge >= 0.3 is 0 Å². The van der Waals surface area contributed by atoms with Gasteiger partial charge in [-0.1, -0.05) is 42.2 Å². The summed E-state index contributed by atoms with van der Waals surface area (Å²) in [6.07, 6.45) is 1.44. The number of hydrogen-bond acceptors (Lipinski definition) is 5. The van der Waals surface area contributed by atoms with Crippen molar-refractivity contribution in [2.75, 3.05) is 19.0 Å². The standard InChI is InChI=1S/C19H15FN2O3S2/c1-25-14-8-6-13(7-9-14)21-17(23)11-22-18(24)16(27-19(22)26)10-12-4-2-3-5-15(12)20/h2-10H,11H2,1H3,(H,21,23)/b16-10-. The average molecular weight is 402 g/mol. The first kappa shape index (κ1) is 19.1. The molecule has 0 aliphatic carbocycles. The zero-order valence-electron chi connectivity index (χ0n) is 14.3. The summed E-state index contributed by atoms with van der Waals surface area (Å²) < 4.78 is 19.1. The molecule has 1 fully saturated rings. The molecule has 8 heteroatoms. The van der Waals surface area contributed by atoms with Crippen LogP contribution in [0.5, 0.6) is 5.75 Å². The molecule has 5 nitrogen and oxygen atoms in total. The number of nitrogens with one attached hydrogen (secondary N) is 1. The molecule has 0 spiro atoms. The predicted octanol–water partition coefficient (Wildman–Crippen LogP) is 3.67. The smallest absolute Gasteiger partial charge is 0.266 e. The topological polar surface area (TPSA) is 58.6 Å². The molecule has 0 atom stereocenters. The van der Waals surface area contributed by atoms with Gasteiger partial charge in [0.2, 0.25) is 5.91 Å². The highest BCUT2D eigenvalue weighted by Gasteiger charge is 2.33. The number of methoxy groups -OCH3 is 1. The minimum absolute atomic E-state index is 0.217. The molecule has 0 radical (unpaired) electrons. The molecular weight excluding hydrogens is 387 g/mol. The number of thiocarbonyl (C=S) groups is 1. The number of hydrogen-bond donors (Lipinski definition) is 1. The van der Waals surface area contributed by atoms with Gasteiger partial charge in [-0.2, -0.15) is 0 Å². The Morgan fingerprint density at radius 1 is 1.26 bits per heavy atom. The van der Waals surface area contributed by atoms with Crippen molar-refractivity contribution in [2.45, 2.75) is 0 Å². The van der Waals surface area contributed by atoms with E-state index >= 15 is 0 Å². The highest BCUT2D eigenvalue weighted by atomic mass is 32.2. The van der Waals surface area contributed by atoms with E-state index in [0.29, 0.717) is 17.0 Å². The number of ether oxygens (including phenoxy) is 1. The second kappa shape index (κ2) is 8.32. The van der Waals surface area contributed by atoms with Crippen molar-refractivity contribution in [2.24, 2.45) is 0 Å². The van der Waals surface area contributed by atoms with Crippen molar-refractivity contribution in [1.82, 2.24) is 4.90 Å². The second-order valence-electron chi connectivity index (χ2n) is 5.57. The van der Waals surface area contributed by atoms with Gasteiger partial charge in [-0.25, -0.2) is 4.39 Å². The minimum atomic E-state index is -0.431. The summed E-state index contributed by atoms with van der Waals surface area (Å²) in [7, 11) is 1.55. The molecular formula is C19H15FN2O3S2. The summed E-state index contributed by atoms with van der Waals surface area (Å²) in [5.74, 6) is -0.565. The van der Waals surface area contributed by atoms with Gasteiger partial charge in [0.1, 0.15) is 22.4 Å². The number of benzene rings is 2. The number of anilines is 1. The monoisotopic (exact) mass is 402 g/mol. The first-order valence-electron chi connectivity index (χ1n) is 7.92. The summed E-state index contributed by atoms with van der Waals surface area (Å²) in [4.78, 5) is 26.3. The SMILES string of the molecule is COc1ccc(NC(=O)CN2C(=O)/C(=C/c3ccccc3F)SC2=S)cc1. The van der Waals surface area contributed by atoms with Crippen LogP contribution in [0, 0.1) is 5.82 Å². The zero-order valence-corrected chi connectivity index (χ0v) is 15.9. The Hall–Kier alpha value is -2.71. The Labute approximate surface area is 165 Å². The van der Waals surface area contributed by atoms with Crippen molar-refractivity contribution in [3.05, 3.63) is 64.8 Å². The quantitative estimate of drug-likeness (QED) is 0.611. The number of carbonyl (C=O) groups is 2.